The molecule has 0 fully saturated rings. The maximum absolute atomic E-state index is 9.56. The number of nitrogens with one attached hydrogen (secondary N) is 1. The van der Waals surface area contributed by atoms with Crippen molar-refractivity contribution in [2.45, 2.75) is 38.5 Å². The lowest BCUT2D eigenvalue weighted by molar-refractivity contribution is -0.0474. The summed E-state index contributed by atoms with van der Waals surface area (Å²) in [5.74, 6) is -0.201. The molecule has 0 spiro atoms. The van der Waals surface area contributed by atoms with Crippen LogP contribution in [-0.4, -0.2) is 76.7 Å². The van der Waals surface area contributed by atoms with Crippen LogP contribution < -0.4 is 5.32 Å². The maximum Gasteiger partial charge on any atom is 0.264 e. The molecule has 0 aromatic carbocycles. The second-order valence-electron chi connectivity index (χ2n) is 4.07. The van der Waals surface area contributed by atoms with Gasteiger partial charge in [-0.05, 0) is 20.8 Å². The molecule has 6 N–H and O–H groups in total. The van der Waals surface area contributed by atoms with Gasteiger partial charge in [-0.25, -0.2) is 0 Å². The van der Waals surface area contributed by atoms with Gasteiger partial charge in [0.15, 0.2) is 0 Å². The van der Waals surface area contributed by atoms with Crippen LogP contribution in [-0.2, 0) is 10.1 Å². The highest BCUT2D eigenvalue weighted by Crippen LogP contribution is 2.15. The van der Waals surface area contributed by atoms with E-state index >= 15 is 0 Å². The van der Waals surface area contributed by atoms with E-state index in [0.29, 0.717) is 0 Å². The van der Waals surface area contributed by atoms with Gasteiger partial charge >= 0.3 is 0 Å². The molecular formula is C10H25NO7S. The molecule has 0 aromatic rings. The Bertz CT molecular complexity index is 308. The summed E-state index contributed by atoms with van der Waals surface area (Å²) in [6, 6.07) is 0. The quantitative estimate of drug-likeness (QED) is 0.295. The van der Waals surface area contributed by atoms with Crippen LogP contribution >= 0.6 is 0 Å². The molecule has 0 bridgehead atoms. The van der Waals surface area contributed by atoms with Crippen molar-refractivity contribution in [1.82, 2.24) is 5.32 Å². The molecule has 0 amide bonds. The first kappa shape index (κ1) is 21.0. The van der Waals surface area contributed by atoms with E-state index in [2.05, 4.69) is 5.32 Å². The highest BCUT2D eigenvalue weighted by molar-refractivity contribution is 7.85. The lowest BCUT2D eigenvalue weighted by Gasteiger charge is -2.38. The number of aliphatic hydroxyl groups excluding tert-OH is 4. The van der Waals surface area contributed by atoms with E-state index in [1.807, 2.05) is 0 Å². The van der Waals surface area contributed by atoms with Gasteiger partial charge in [0, 0.05) is 6.54 Å². The third kappa shape index (κ3) is 8.47. The van der Waals surface area contributed by atoms with E-state index in [1.54, 1.807) is 0 Å². The summed E-state index contributed by atoms with van der Waals surface area (Å²) in [7, 11) is -3.66. The first-order chi connectivity index (χ1) is 8.57. The van der Waals surface area contributed by atoms with Crippen molar-refractivity contribution < 1.29 is 33.4 Å². The van der Waals surface area contributed by atoms with Crippen LogP contribution in [0, 0.1) is 0 Å². The molecule has 2 atom stereocenters. The average molecular weight is 303 g/mol. The molecule has 2 unspecified atom stereocenters. The molecule has 0 aliphatic heterocycles. The fourth-order valence-corrected chi connectivity index (χ4v) is 1.25. The summed E-state index contributed by atoms with van der Waals surface area (Å²) in [6.45, 7) is 4.05. The number of hydrogen-bond acceptors (Lipinski definition) is 7. The summed E-state index contributed by atoms with van der Waals surface area (Å²) in [6.07, 6.45) is -1.80. The van der Waals surface area contributed by atoms with Gasteiger partial charge in [0.05, 0.1) is 36.7 Å². The Labute approximate surface area is 113 Å². The van der Waals surface area contributed by atoms with Crippen molar-refractivity contribution in [2.24, 2.45) is 0 Å². The normalized spacial score (nSPS) is 17.9. The summed E-state index contributed by atoms with van der Waals surface area (Å²) in [4.78, 5) is 0. The first-order valence-corrected chi connectivity index (χ1v) is 7.46. The number of hydrogen-bond donors (Lipinski definition) is 6. The number of aliphatic hydroxyl groups is 4. The van der Waals surface area contributed by atoms with Gasteiger partial charge in [0.1, 0.15) is 0 Å². The minimum absolute atomic E-state index is 0.110. The summed E-state index contributed by atoms with van der Waals surface area (Å²) in [5, 5.41) is 39.2. The third-order valence-corrected chi connectivity index (χ3v) is 3.41. The molecule has 0 saturated carbocycles. The van der Waals surface area contributed by atoms with Crippen molar-refractivity contribution in [3.05, 3.63) is 0 Å². The standard InChI is InChI=1S/C8H19NO4.C2H6O3S/c1-6(12)8(5-11,7(2)13)9-3-4-10;1-2-6(3,4)5/h6-7,9-13H,3-5H2,1-2H3;2H2,1H3,(H,3,4,5). The predicted octanol–water partition coefficient (Wildman–Crippen LogP) is -2.04. The van der Waals surface area contributed by atoms with Crippen LogP contribution in [0.1, 0.15) is 20.8 Å². The van der Waals surface area contributed by atoms with Crippen LogP contribution in [0.15, 0.2) is 0 Å². The average Bonchev–Trinajstić information content (AvgIpc) is 2.29. The predicted molar refractivity (Wildman–Crippen MR) is 70.4 cm³/mol. The molecule has 0 aliphatic carbocycles. The van der Waals surface area contributed by atoms with E-state index < -0.39 is 27.9 Å². The maximum atomic E-state index is 9.56. The Morgan fingerprint density at radius 3 is 1.68 bits per heavy atom. The number of β-amino-alcohol motifs (C(OH)–C–C–N with tert-alkyl or cyclic N) is 1. The van der Waals surface area contributed by atoms with E-state index in [-0.39, 0.29) is 25.5 Å². The SMILES string of the molecule is CC(O)C(CO)(NCCO)C(C)O.CCS(=O)(=O)O. The molecule has 0 radical (unpaired) electrons. The Hall–Kier alpha value is -0.290. The van der Waals surface area contributed by atoms with Gasteiger partial charge in [0.2, 0.25) is 0 Å². The smallest absolute Gasteiger partial charge is 0.264 e. The molecule has 9 heteroatoms. The molecule has 0 aromatic heterocycles. The minimum atomic E-state index is -3.66. The largest absolute Gasteiger partial charge is 0.395 e. The third-order valence-electron chi connectivity index (χ3n) is 2.68. The number of rotatable bonds is 7. The zero-order valence-electron chi connectivity index (χ0n) is 11.4. The molecule has 0 saturated heterocycles. The summed E-state index contributed by atoms with van der Waals surface area (Å²) >= 11 is 0. The van der Waals surface area contributed by atoms with Gasteiger partial charge in [-0.2, -0.15) is 8.42 Å². The summed E-state index contributed by atoms with van der Waals surface area (Å²) < 4.78 is 26.9. The minimum Gasteiger partial charge on any atom is -0.395 e. The van der Waals surface area contributed by atoms with Crippen LogP contribution in [0.5, 0.6) is 0 Å². The van der Waals surface area contributed by atoms with E-state index in [1.165, 1.54) is 20.8 Å². The van der Waals surface area contributed by atoms with Crippen molar-refractivity contribution in [3.63, 3.8) is 0 Å². The van der Waals surface area contributed by atoms with Crippen LogP contribution in [0.3, 0.4) is 0 Å². The highest BCUT2D eigenvalue weighted by Gasteiger charge is 2.38. The van der Waals surface area contributed by atoms with Crippen molar-refractivity contribution in [1.29, 1.82) is 0 Å². The molecule has 0 aliphatic rings. The van der Waals surface area contributed by atoms with Gasteiger partial charge in [-0.1, -0.05) is 0 Å². The zero-order valence-corrected chi connectivity index (χ0v) is 12.3. The molecule has 0 heterocycles. The van der Waals surface area contributed by atoms with Crippen molar-refractivity contribution in [2.75, 3.05) is 25.5 Å². The molecule has 118 valence electrons. The Morgan fingerprint density at radius 2 is 1.53 bits per heavy atom. The Morgan fingerprint density at radius 1 is 1.16 bits per heavy atom. The van der Waals surface area contributed by atoms with Crippen molar-refractivity contribution in [3.8, 4) is 0 Å². The second kappa shape index (κ2) is 9.59. The zero-order chi connectivity index (χ0) is 15.7. The topological polar surface area (TPSA) is 147 Å². The Balaban J connectivity index is 0. The van der Waals surface area contributed by atoms with E-state index in [4.69, 9.17) is 14.8 Å². The molecule has 8 nitrogen and oxygen atoms in total. The fraction of sp³-hybridized carbons (Fsp3) is 1.00. The molecule has 0 rings (SSSR count). The van der Waals surface area contributed by atoms with Gasteiger partial charge in [0.25, 0.3) is 10.1 Å². The molecule has 19 heavy (non-hydrogen) atoms. The van der Waals surface area contributed by atoms with Crippen LogP contribution in [0.2, 0.25) is 0 Å². The van der Waals surface area contributed by atoms with Crippen molar-refractivity contribution >= 4 is 10.1 Å². The molecular weight excluding hydrogens is 278 g/mol. The van der Waals surface area contributed by atoms with E-state index in [9.17, 15) is 18.6 Å². The Kier molecular flexibility index (Phi) is 10.6. The first-order valence-electron chi connectivity index (χ1n) is 5.85. The fourth-order valence-electron chi connectivity index (χ4n) is 1.25. The van der Waals surface area contributed by atoms with Crippen LogP contribution in [0.25, 0.3) is 0 Å². The second-order valence-corrected chi connectivity index (χ2v) is 5.81. The lowest BCUT2D eigenvalue weighted by atomic mass is 9.88. The van der Waals surface area contributed by atoms with E-state index in [0.717, 1.165) is 0 Å². The van der Waals surface area contributed by atoms with Gasteiger partial charge < -0.3 is 25.7 Å². The van der Waals surface area contributed by atoms with Gasteiger partial charge in [-0.3, -0.25) is 4.55 Å². The lowest BCUT2D eigenvalue weighted by Crippen LogP contribution is -2.63. The van der Waals surface area contributed by atoms with Gasteiger partial charge in [-0.15, -0.1) is 0 Å². The monoisotopic (exact) mass is 303 g/mol. The highest BCUT2D eigenvalue weighted by atomic mass is 32.2. The summed E-state index contributed by atoms with van der Waals surface area (Å²) in [5.41, 5.74) is -1.15. The van der Waals surface area contributed by atoms with Crippen LogP contribution in [0.4, 0.5) is 0 Å².